The second-order valence-electron chi connectivity index (χ2n) is 3.99. The molecule has 6 heteroatoms. The lowest BCUT2D eigenvalue weighted by Gasteiger charge is -2.01. The third-order valence-electron chi connectivity index (χ3n) is 2.64. The van der Waals surface area contributed by atoms with E-state index in [-0.39, 0.29) is 12.6 Å². The van der Waals surface area contributed by atoms with Crippen molar-refractivity contribution in [2.45, 2.75) is 45.1 Å². The van der Waals surface area contributed by atoms with Crippen molar-refractivity contribution in [3.8, 4) is 0 Å². The Hall–Kier alpha value is -1.46. The first-order valence-corrected chi connectivity index (χ1v) is 5.97. The minimum absolute atomic E-state index is 0.0950. The molecule has 0 saturated carbocycles. The molecule has 5 nitrogen and oxygen atoms in total. The average Bonchev–Trinajstić information content (AvgIpc) is 2.76. The number of hydrogen-bond donors (Lipinski definition) is 0. The smallest absolute Gasteiger partial charge is 0.390 e. The van der Waals surface area contributed by atoms with Crippen LogP contribution in [0.25, 0.3) is 0 Å². The Kier molecular flexibility index (Phi) is 6.21. The topological polar surface area (TPSA) is 61.0 Å². The predicted octanol–water partition coefficient (Wildman–Crippen LogP) is 3.10. The van der Waals surface area contributed by atoms with Crippen LogP contribution in [0.5, 0.6) is 0 Å². The van der Waals surface area contributed by atoms with Gasteiger partial charge in [-0.15, -0.1) is 0 Å². The number of rotatable bonds is 9. The Morgan fingerprint density at radius 2 is 1.88 bits per heavy atom. The van der Waals surface area contributed by atoms with Gasteiger partial charge in [0.15, 0.2) is 0 Å². The quantitative estimate of drug-likeness (QED) is 0.380. The maximum Gasteiger partial charge on any atom is 0.434 e. The number of alkyl halides is 1. The number of aryl methyl sites for hydroxylation is 1. The summed E-state index contributed by atoms with van der Waals surface area (Å²) in [5.74, 6) is -0.0950. The first-order valence-electron chi connectivity index (χ1n) is 5.97. The Bertz CT molecular complexity index is 341. The van der Waals surface area contributed by atoms with E-state index in [9.17, 15) is 14.5 Å². The lowest BCUT2D eigenvalue weighted by atomic mass is 10.1. The zero-order chi connectivity index (χ0) is 12.5. The van der Waals surface area contributed by atoms with Gasteiger partial charge in [-0.1, -0.05) is 30.7 Å². The fourth-order valence-electron chi connectivity index (χ4n) is 1.73. The van der Waals surface area contributed by atoms with Crippen LogP contribution in [0.15, 0.2) is 12.4 Å². The molecule has 0 spiro atoms. The third-order valence-corrected chi connectivity index (χ3v) is 2.64. The SMILES string of the molecule is O=[N+]([O-])c1nccn1CCCCCCCCF. The normalized spacial score (nSPS) is 10.6. The van der Waals surface area contributed by atoms with E-state index in [4.69, 9.17) is 0 Å². The van der Waals surface area contributed by atoms with Gasteiger partial charge in [0, 0.05) is 0 Å². The van der Waals surface area contributed by atoms with Crippen molar-refractivity contribution in [1.82, 2.24) is 9.55 Å². The van der Waals surface area contributed by atoms with E-state index in [1.807, 2.05) is 0 Å². The summed E-state index contributed by atoms with van der Waals surface area (Å²) >= 11 is 0. The Balaban J connectivity index is 2.14. The zero-order valence-electron chi connectivity index (χ0n) is 9.85. The van der Waals surface area contributed by atoms with Gasteiger partial charge >= 0.3 is 5.95 Å². The highest BCUT2D eigenvalue weighted by Gasteiger charge is 2.12. The van der Waals surface area contributed by atoms with Crippen LogP contribution in [0.2, 0.25) is 0 Å². The molecule has 0 aliphatic carbocycles. The van der Waals surface area contributed by atoms with Crippen LogP contribution in [0.1, 0.15) is 38.5 Å². The van der Waals surface area contributed by atoms with Crippen molar-refractivity contribution >= 4 is 5.95 Å². The van der Waals surface area contributed by atoms with Gasteiger partial charge in [-0.2, -0.15) is 0 Å². The van der Waals surface area contributed by atoms with Crippen molar-refractivity contribution in [2.24, 2.45) is 0 Å². The minimum Gasteiger partial charge on any atom is -0.390 e. The number of hydrogen-bond acceptors (Lipinski definition) is 3. The molecule has 0 fully saturated rings. The molecule has 1 aromatic heterocycles. The van der Waals surface area contributed by atoms with Gasteiger partial charge in [-0.3, -0.25) is 4.39 Å². The number of aromatic nitrogens is 2. The molecular weight excluding hydrogens is 225 g/mol. The highest BCUT2D eigenvalue weighted by molar-refractivity contribution is 5.06. The molecule has 0 aliphatic heterocycles. The van der Waals surface area contributed by atoms with Gasteiger partial charge < -0.3 is 10.1 Å². The highest BCUT2D eigenvalue weighted by atomic mass is 19.1. The average molecular weight is 243 g/mol. The van der Waals surface area contributed by atoms with Crippen molar-refractivity contribution in [3.05, 3.63) is 22.5 Å². The number of halogens is 1. The number of nitro groups is 1. The summed E-state index contributed by atoms with van der Waals surface area (Å²) in [6.45, 7) is 0.390. The van der Waals surface area contributed by atoms with Crippen LogP contribution in [0.4, 0.5) is 10.3 Å². The fourth-order valence-corrected chi connectivity index (χ4v) is 1.73. The summed E-state index contributed by atoms with van der Waals surface area (Å²) in [5, 5.41) is 10.6. The number of unbranched alkanes of at least 4 members (excludes halogenated alkanes) is 5. The molecule has 0 N–H and O–H groups in total. The van der Waals surface area contributed by atoms with Crippen LogP contribution in [0.3, 0.4) is 0 Å². The Morgan fingerprint density at radius 3 is 2.53 bits per heavy atom. The van der Waals surface area contributed by atoms with Gasteiger partial charge in [-0.05, 0) is 17.8 Å². The van der Waals surface area contributed by atoms with Gasteiger partial charge in [0.2, 0.25) is 0 Å². The van der Waals surface area contributed by atoms with E-state index >= 15 is 0 Å². The van der Waals surface area contributed by atoms with E-state index in [1.165, 1.54) is 6.20 Å². The van der Waals surface area contributed by atoms with E-state index in [1.54, 1.807) is 10.8 Å². The van der Waals surface area contributed by atoms with Crippen LogP contribution in [0, 0.1) is 10.1 Å². The lowest BCUT2D eigenvalue weighted by Crippen LogP contribution is -2.02. The van der Waals surface area contributed by atoms with Crippen molar-refractivity contribution in [1.29, 1.82) is 0 Å². The largest absolute Gasteiger partial charge is 0.434 e. The maximum atomic E-state index is 11.8. The molecule has 0 radical (unpaired) electrons. The molecular formula is C11H18FN3O2. The van der Waals surface area contributed by atoms with Crippen LogP contribution in [-0.2, 0) is 6.54 Å². The standard InChI is InChI=1S/C11H18FN3O2/c12-7-5-3-1-2-4-6-9-14-10-8-13-11(14)15(16)17/h8,10H,1-7,9H2. The van der Waals surface area contributed by atoms with Crippen LogP contribution in [-0.4, -0.2) is 21.1 Å². The second-order valence-corrected chi connectivity index (χ2v) is 3.99. The first-order chi connectivity index (χ1) is 8.25. The highest BCUT2D eigenvalue weighted by Crippen LogP contribution is 2.11. The molecule has 17 heavy (non-hydrogen) atoms. The molecule has 0 atom stereocenters. The minimum atomic E-state index is -0.471. The predicted molar refractivity (Wildman–Crippen MR) is 62.6 cm³/mol. The van der Waals surface area contributed by atoms with E-state index in [2.05, 4.69) is 4.98 Å². The molecule has 1 aromatic rings. The summed E-state index contributed by atoms with van der Waals surface area (Å²) in [7, 11) is 0. The van der Waals surface area contributed by atoms with E-state index in [0.717, 1.165) is 32.1 Å². The summed E-state index contributed by atoms with van der Waals surface area (Å²) in [5.41, 5.74) is 0. The molecule has 0 bridgehead atoms. The molecule has 0 aromatic carbocycles. The molecule has 0 saturated heterocycles. The van der Waals surface area contributed by atoms with Crippen molar-refractivity contribution < 1.29 is 9.31 Å². The lowest BCUT2D eigenvalue weighted by molar-refractivity contribution is -0.396. The summed E-state index contributed by atoms with van der Waals surface area (Å²) in [6.07, 6.45) is 8.65. The summed E-state index contributed by atoms with van der Waals surface area (Å²) in [4.78, 5) is 13.8. The Labute approximate surface area is 99.8 Å². The van der Waals surface area contributed by atoms with Gasteiger partial charge in [-0.25, -0.2) is 4.57 Å². The third kappa shape index (κ3) is 4.93. The molecule has 0 aliphatic rings. The Morgan fingerprint density at radius 1 is 1.24 bits per heavy atom. The molecule has 96 valence electrons. The van der Waals surface area contributed by atoms with E-state index in [0.29, 0.717) is 13.0 Å². The monoisotopic (exact) mass is 243 g/mol. The van der Waals surface area contributed by atoms with Crippen LogP contribution >= 0.6 is 0 Å². The summed E-state index contributed by atoms with van der Waals surface area (Å²) in [6, 6.07) is 0. The first kappa shape index (κ1) is 13.6. The summed E-state index contributed by atoms with van der Waals surface area (Å²) < 4.78 is 13.4. The number of nitrogens with zero attached hydrogens (tertiary/aromatic N) is 3. The number of imidazole rings is 1. The van der Waals surface area contributed by atoms with E-state index < -0.39 is 4.92 Å². The molecule has 0 amide bonds. The van der Waals surface area contributed by atoms with Crippen LogP contribution < -0.4 is 0 Å². The second kappa shape index (κ2) is 7.76. The molecule has 1 heterocycles. The van der Waals surface area contributed by atoms with Gasteiger partial charge in [0.1, 0.15) is 12.4 Å². The van der Waals surface area contributed by atoms with Gasteiger partial charge in [0.25, 0.3) is 0 Å². The van der Waals surface area contributed by atoms with Crippen molar-refractivity contribution in [3.63, 3.8) is 0 Å². The van der Waals surface area contributed by atoms with Gasteiger partial charge in [0.05, 0.1) is 13.2 Å². The molecule has 0 unspecified atom stereocenters. The maximum absolute atomic E-state index is 11.8. The fraction of sp³-hybridized carbons (Fsp3) is 0.727. The van der Waals surface area contributed by atoms with Crippen molar-refractivity contribution in [2.75, 3.05) is 6.67 Å². The zero-order valence-corrected chi connectivity index (χ0v) is 9.85. The molecule has 1 rings (SSSR count).